The van der Waals surface area contributed by atoms with E-state index in [9.17, 15) is 14.8 Å². The molecular formula is C38H69BN6O6P+. The quantitative estimate of drug-likeness (QED) is 0.0551. The lowest BCUT2D eigenvalue weighted by Gasteiger charge is -2.50. The third-order valence-electron chi connectivity index (χ3n) is 13.8. The van der Waals surface area contributed by atoms with Crippen LogP contribution in [0.3, 0.4) is 0 Å². The van der Waals surface area contributed by atoms with E-state index in [1.54, 1.807) is 0 Å². The van der Waals surface area contributed by atoms with Gasteiger partial charge in [0.05, 0.1) is 6.33 Å². The van der Waals surface area contributed by atoms with E-state index in [0.717, 1.165) is 32.2 Å². The van der Waals surface area contributed by atoms with Crippen LogP contribution in [0.15, 0.2) is 11.1 Å². The van der Waals surface area contributed by atoms with Gasteiger partial charge in [-0.15, -0.1) is 0 Å². The molecule has 2 aromatic rings. The number of aromatic nitrogens is 4. The monoisotopic (exact) mass is 748 g/mol. The van der Waals surface area contributed by atoms with Crippen LogP contribution in [0, 0.1) is 47.3 Å². The van der Waals surface area contributed by atoms with Crippen LogP contribution in [0.5, 0.6) is 0 Å². The number of hydrogen-bond acceptors (Lipinski definition) is 10. The molecule has 2 fully saturated rings. The van der Waals surface area contributed by atoms with Gasteiger partial charge in [-0.2, -0.15) is 14.0 Å². The minimum absolute atomic E-state index is 0.0200. The number of ether oxygens (including phenoxy) is 1. The molecule has 294 valence electrons. The minimum atomic E-state index is -3.52. The summed E-state index contributed by atoms with van der Waals surface area (Å²) in [6.45, 7) is 28.4. The van der Waals surface area contributed by atoms with Crippen LogP contribution < -0.4 is 16.2 Å². The summed E-state index contributed by atoms with van der Waals surface area (Å²) in [6.07, 6.45) is 4.39. The number of nitrogens with one attached hydrogen (secondary N) is 3. The molecule has 13 atom stereocenters. The van der Waals surface area contributed by atoms with Crippen LogP contribution in [-0.2, 0) is 13.8 Å². The van der Waals surface area contributed by atoms with Gasteiger partial charge in [0.2, 0.25) is 5.95 Å². The van der Waals surface area contributed by atoms with Crippen LogP contribution in [0.1, 0.15) is 121 Å². The van der Waals surface area contributed by atoms with Gasteiger partial charge in [-0.1, -0.05) is 94.9 Å². The number of aliphatic hydroxyl groups is 1. The maximum absolute atomic E-state index is 12.9. The predicted octanol–water partition coefficient (Wildman–Crippen LogP) is 6.86. The van der Waals surface area contributed by atoms with Gasteiger partial charge in [0, 0.05) is 12.1 Å². The van der Waals surface area contributed by atoms with Gasteiger partial charge < -0.3 is 20.5 Å². The van der Waals surface area contributed by atoms with Crippen molar-refractivity contribution in [1.29, 1.82) is 0 Å². The number of nitrogens with zero attached hydrogens (tertiary/aromatic N) is 3. The number of anilines is 1. The van der Waals surface area contributed by atoms with E-state index in [4.69, 9.17) is 21.4 Å². The molecule has 14 heteroatoms. The number of unbranched alkanes of at least 4 members (excludes halogenated alkanes) is 3. The zero-order valence-corrected chi connectivity index (χ0v) is 34.7. The summed E-state index contributed by atoms with van der Waals surface area (Å²) >= 11 is 0. The zero-order valence-electron chi connectivity index (χ0n) is 33.8. The lowest BCUT2D eigenvalue weighted by molar-refractivity contribution is -0.0603. The number of fused-ring (bicyclic) bond motifs is 2. The Morgan fingerprint density at radius 2 is 1.56 bits per heavy atom. The smallest absolute Gasteiger partial charge is 0.385 e. The number of aliphatic hydroxyl groups excluding tert-OH is 1. The highest BCUT2D eigenvalue weighted by atomic mass is 31.2. The van der Waals surface area contributed by atoms with Crippen molar-refractivity contribution in [3.05, 3.63) is 16.7 Å². The molecule has 0 bridgehead atoms. The number of H-pyrrole nitrogens is 1. The molecule has 4 heterocycles. The summed E-state index contributed by atoms with van der Waals surface area (Å²) < 4.78 is 18.0. The fourth-order valence-electron chi connectivity index (χ4n) is 8.48. The van der Waals surface area contributed by atoms with Gasteiger partial charge in [0.15, 0.2) is 23.5 Å². The van der Waals surface area contributed by atoms with Gasteiger partial charge in [0.25, 0.3) is 5.56 Å². The maximum Gasteiger partial charge on any atom is 0.488 e. The highest BCUT2D eigenvalue weighted by Gasteiger charge is 2.57. The first-order valence-electron chi connectivity index (χ1n) is 20.0. The van der Waals surface area contributed by atoms with Gasteiger partial charge in [-0.05, 0) is 73.7 Å². The van der Waals surface area contributed by atoms with Crippen molar-refractivity contribution in [2.24, 2.45) is 47.3 Å². The first-order valence-corrected chi connectivity index (χ1v) is 21.6. The Bertz CT molecular complexity index is 1450. The molecule has 0 amide bonds. The summed E-state index contributed by atoms with van der Waals surface area (Å²) in [5, 5.41) is 18.4. The molecule has 4 rings (SSSR count). The highest BCUT2D eigenvalue weighted by Crippen LogP contribution is 2.58. The van der Waals surface area contributed by atoms with Crippen molar-refractivity contribution < 1.29 is 23.8 Å². The molecule has 52 heavy (non-hydrogen) atoms. The average molecular weight is 748 g/mol. The summed E-state index contributed by atoms with van der Waals surface area (Å²) in [6, 6.07) is 0. The van der Waals surface area contributed by atoms with Crippen molar-refractivity contribution in [2.45, 2.75) is 145 Å². The second-order valence-electron chi connectivity index (χ2n) is 16.6. The Morgan fingerprint density at radius 1 is 0.981 bits per heavy atom. The van der Waals surface area contributed by atoms with Crippen LogP contribution in [0.4, 0.5) is 5.95 Å². The molecule has 0 aromatic carbocycles. The van der Waals surface area contributed by atoms with Crippen molar-refractivity contribution in [3.63, 3.8) is 0 Å². The summed E-state index contributed by atoms with van der Waals surface area (Å²) in [5.41, 5.74) is 0.0363. The average Bonchev–Trinajstić information content (AvgIpc) is 3.69. The largest absolute Gasteiger partial charge is 0.488 e. The second-order valence-corrected chi connectivity index (χ2v) is 18.2. The molecule has 12 nitrogen and oxygen atoms in total. The van der Waals surface area contributed by atoms with Crippen molar-refractivity contribution >= 4 is 32.5 Å². The molecule has 5 N–H and O–H groups in total. The van der Waals surface area contributed by atoms with Crippen LogP contribution >= 0.6 is 7.82 Å². The summed E-state index contributed by atoms with van der Waals surface area (Å²) in [5.74, 6) is 5.38. The molecule has 2 aliphatic rings. The molecule has 2 radical (unpaired) electrons. The van der Waals surface area contributed by atoms with Gasteiger partial charge in [0.1, 0.15) is 18.8 Å². The fraction of sp³-hybridized carbons (Fsp3) is 0.868. The number of rotatable bonds is 20. The molecule has 0 saturated carbocycles. The van der Waals surface area contributed by atoms with Crippen molar-refractivity contribution in [1.82, 2.24) is 24.8 Å². The Labute approximate surface area is 314 Å². The normalized spacial score (nSPS) is 29.4. The van der Waals surface area contributed by atoms with E-state index in [0.29, 0.717) is 59.8 Å². The van der Waals surface area contributed by atoms with E-state index in [-0.39, 0.29) is 23.3 Å². The molecule has 2 aromatic heterocycles. The van der Waals surface area contributed by atoms with E-state index >= 15 is 0 Å². The zero-order chi connectivity index (χ0) is 38.5. The first kappa shape index (κ1) is 43.1. The third-order valence-corrected chi connectivity index (χ3v) is 14.9. The first-order chi connectivity index (χ1) is 24.5. The number of aromatic amines is 1. The van der Waals surface area contributed by atoms with Crippen molar-refractivity contribution in [3.8, 4) is 0 Å². The van der Waals surface area contributed by atoms with Crippen LogP contribution in [0.2, 0.25) is 0 Å². The number of imidazole rings is 1. The lowest BCUT2D eigenvalue weighted by atomic mass is 9.61. The molecule has 0 spiro atoms. The molecule has 0 aliphatic carbocycles. The molecule has 2 aliphatic heterocycles. The Balaban J connectivity index is 1.31. The summed E-state index contributed by atoms with van der Waals surface area (Å²) in [7, 11) is 2.13. The molecular weight excluding hydrogens is 678 g/mol. The minimum Gasteiger partial charge on any atom is -0.385 e. The SMILES string of the molecule is [B][P+]1(O)OC[C@H]2O[C@@H](n3cnc4c(=O)[nH]c(NCCCCCCNC(C)(C(C)C(C)C(C)C(C)CC)C(C)C(C)C(C)C(C)CC)nc43)[C@@H](O)[C@H]2O1. The van der Waals surface area contributed by atoms with E-state index < -0.39 is 37.9 Å². The van der Waals surface area contributed by atoms with Crippen LogP contribution in [-0.4, -0.2) is 80.6 Å². The Hall–Kier alpha value is -1.60. The predicted molar refractivity (Wildman–Crippen MR) is 211 cm³/mol. The second kappa shape index (κ2) is 18.4. The fourth-order valence-corrected chi connectivity index (χ4v) is 9.51. The van der Waals surface area contributed by atoms with Gasteiger partial charge in [-0.25, -0.2) is 9.88 Å². The highest BCUT2D eigenvalue weighted by molar-refractivity contribution is 7.85. The van der Waals surface area contributed by atoms with Gasteiger partial charge >= 0.3 is 15.4 Å². The topological polar surface area (TPSA) is 156 Å². The van der Waals surface area contributed by atoms with E-state index in [1.165, 1.54) is 23.7 Å². The van der Waals surface area contributed by atoms with Gasteiger partial charge in [-0.3, -0.25) is 14.3 Å². The van der Waals surface area contributed by atoms with Crippen LogP contribution in [0.25, 0.3) is 11.2 Å². The maximum atomic E-state index is 12.9. The van der Waals surface area contributed by atoms with E-state index in [2.05, 4.69) is 102 Å². The lowest BCUT2D eigenvalue weighted by Crippen LogP contribution is -2.57. The third kappa shape index (κ3) is 9.61. The number of hydrogen-bond donors (Lipinski definition) is 5. The molecule has 9 unspecified atom stereocenters. The van der Waals surface area contributed by atoms with Crippen molar-refractivity contribution in [2.75, 3.05) is 25.0 Å². The Kier molecular flexibility index (Phi) is 15.2. The molecule has 2 saturated heterocycles. The standard InChI is InChI=1S/C38H69BN6O6P/c1-12-22(3)24(5)26(7)28(9)38(11,29(10)27(8)25(6)23(4)13-2)42-19-17-15-14-16-18-40-37-43-34-31(35(47)44-37)41-21-45(34)36-32(46)33-30(50-36)20-49-52(39,48)51-33/h21-30,32-33,36,42,46,48H,12-20H2,1-11H3,(H2,40,43,44,47)/q+1/t22?,23?,24?,25?,26?,27?,28?,29?,30-,32+,33+,36-,38?,52?/m1/s1. The Morgan fingerprint density at radius 3 is 2.13 bits per heavy atom. The van der Waals surface area contributed by atoms with E-state index in [1.807, 2.05) is 0 Å². The summed E-state index contributed by atoms with van der Waals surface area (Å²) in [4.78, 5) is 34.5.